The minimum atomic E-state index is 0.0933. The number of hydrogen-bond donors (Lipinski definition) is 0. The Bertz CT molecular complexity index is 958. The fraction of sp³-hybridized carbons (Fsp3) is 0.300. The number of aromatic nitrogens is 4. The Morgan fingerprint density at radius 2 is 1.74 bits per heavy atom. The molecule has 0 bridgehead atoms. The number of aryl methyl sites for hydroxylation is 2. The van der Waals surface area contributed by atoms with Gasteiger partial charge in [0.25, 0.3) is 5.91 Å². The zero-order valence-electron chi connectivity index (χ0n) is 15.5. The van der Waals surface area contributed by atoms with Crippen LogP contribution in [0.4, 0.5) is 5.82 Å². The van der Waals surface area contributed by atoms with Gasteiger partial charge in [-0.1, -0.05) is 17.7 Å². The first kappa shape index (κ1) is 17.2. The maximum absolute atomic E-state index is 12.7. The average Bonchev–Trinajstić information content (AvgIpc) is 3.13. The lowest BCUT2D eigenvalue weighted by atomic mass is 10.1. The molecule has 0 unspecified atom stereocenters. The van der Waals surface area contributed by atoms with Gasteiger partial charge in [-0.15, -0.1) is 0 Å². The van der Waals surface area contributed by atoms with Gasteiger partial charge in [0.15, 0.2) is 0 Å². The van der Waals surface area contributed by atoms with E-state index in [1.54, 1.807) is 12.5 Å². The van der Waals surface area contributed by atoms with E-state index in [9.17, 15) is 4.79 Å². The van der Waals surface area contributed by atoms with Gasteiger partial charge in [-0.3, -0.25) is 9.36 Å². The van der Waals surface area contributed by atoms with Gasteiger partial charge in [-0.05, 0) is 26.0 Å². The second-order valence-corrected chi connectivity index (χ2v) is 6.73. The number of hydrogen-bond acceptors (Lipinski definition) is 5. The van der Waals surface area contributed by atoms with Crippen molar-refractivity contribution in [1.29, 1.82) is 0 Å². The van der Waals surface area contributed by atoms with E-state index in [2.05, 4.69) is 19.9 Å². The van der Waals surface area contributed by atoms with Crippen molar-refractivity contribution in [3.63, 3.8) is 0 Å². The third-order valence-corrected chi connectivity index (χ3v) is 4.87. The van der Waals surface area contributed by atoms with Crippen LogP contribution in [0, 0.1) is 13.8 Å². The molecule has 0 radical (unpaired) electrons. The summed E-state index contributed by atoms with van der Waals surface area (Å²) in [6.45, 7) is 6.79. The van der Waals surface area contributed by atoms with Gasteiger partial charge in [0.05, 0.1) is 0 Å². The van der Waals surface area contributed by atoms with Crippen LogP contribution in [0.15, 0.2) is 49.1 Å². The maximum Gasteiger partial charge on any atom is 0.253 e. The SMILES string of the molecule is Cc1cccc(C(=O)N2CCN(c3cc(-n4ccnc4C)ncn3)CC2)c1. The molecule has 1 aliphatic heterocycles. The molecule has 0 N–H and O–H groups in total. The van der Waals surface area contributed by atoms with Crippen LogP contribution in [-0.2, 0) is 0 Å². The molecule has 3 heterocycles. The topological polar surface area (TPSA) is 67.2 Å². The summed E-state index contributed by atoms with van der Waals surface area (Å²) >= 11 is 0. The van der Waals surface area contributed by atoms with Crippen LogP contribution in [0.3, 0.4) is 0 Å². The van der Waals surface area contributed by atoms with E-state index in [0.717, 1.165) is 41.7 Å². The summed E-state index contributed by atoms with van der Waals surface area (Å²) in [6.07, 6.45) is 5.22. The summed E-state index contributed by atoms with van der Waals surface area (Å²) in [5.74, 6) is 2.65. The number of carbonyl (C=O) groups is 1. The normalized spacial score (nSPS) is 14.4. The van der Waals surface area contributed by atoms with Crippen LogP contribution >= 0.6 is 0 Å². The van der Waals surface area contributed by atoms with E-state index >= 15 is 0 Å². The average molecular weight is 362 g/mol. The van der Waals surface area contributed by atoms with Gasteiger partial charge in [-0.25, -0.2) is 15.0 Å². The molecule has 0 spiro atoms. The smallest absolute Gasteiger partial charge is 0.253 e. The van der Waals surface area contributed by atoms with E-state index in [-0.39, 0.29) is 5.91 Å². The molecule has 0 saturated carbocycles. The summed E-state index contributed by atoms with van der Waals surface area (Å²) in [6, 6.07) is 9.72. The molecule has 1 saturated heterocycles. The van der Waals surface area contributed by atoms with E-state index in [1.165, 1.54) is 0 Å². The van der Waals surface area contributed by atoms with Crippen molar-refractivity contribution in [2.75, 3.05) is 31.1 Å². The number of anilines is 1. The molecule has 3 aromatic rings. The van der Waals surface area contributed by atoms with E-state index in [1.807, 2.05) is 59.8 Å². The molecular formula is C20H22N6O. The first-order valence-electron chi connectivity index (χ1n) is 9.05. The standard InChI is InChI=1S/C20H22N6O/c1-15-4-3-5-17(12-15)20(27)25-10-8-24(9-11-25)18-13-19(23-14-22-18)26-7-6-21-16(26)2/h3-7,12-14H,8-11H2,1-2H3. The second-order valence-electron chi connectivity index (χ2n) is 6.73. The Morgan fingerprint density at radius 1 is 0.963 bits per heavy atom. The number of benzene rings is 1. The van der Waals surface area contributed by atoms with E-state index < -0.39 is 0 Å². The predicted octanol–water partition coefficient (Wildman–Crippen LogP) is 2.24. The number of piperazine rings is 1. The molecule has 7 heteroatoms. The third-order valence-electron chi connectivity index (χ3n) is 4.87. The van der Waals surface area contributed by atoms with Crippen molar-refractivity contribution in [2.45, 2.75) is 13.8 Å². The van der Waals surface area contributed by atoms with E-state index in [0.29, 0.717) is 13.1 Å². The third kappa shape index (κ3) is 3.53. The van der Waals surface area contributed by atoms with Crippen molar-refractivity contribution in [3.8, 4) is 5.82 Å². The fourth-order valence-corrected chi connectivity index (χ4v) is 3.36. The fourth-order valence-electron chi connectivity index (χ4n) is 3.36. The van der Waals surface area contributed by atoms with Crippen molar-refractivity contribution < 1.29 is 4.79 Å². The molecule has 1 aromatic carbocycles. The van der Waals surface area contributed by atoms with Crippen LogP contribution in [0.5, 0.6) is 0 Å². The summed E-state index contributed by atoms with van der Waals surface area (Å²) in [5, 5.41) is 0. The van der Waals surface area contributed by atoms with Crippen LogP contribution < -0.4 is 4.90 Å². The Kier molecular flexibility index (Phi) is 4.58. The van der Waals surface area contributed by atoms with Crippen molar-refractivity contribution >= 4 is 11.7 Å². The molecule has 0 atom stereocenters. The van der Waals surface area contributed by atoms with Gasteiger partial charge in [-0.2, -0.15) is 0 Å². The molecule has 7 nitrogen and oxygen atoms in total. The van der Waals surface area contributed by atoms with Gasteiger partial charge in [0.2, 0.25) is 0 Å². The lowest BCUT2D eigenvalue weighted by Crippen LogP contribution is -2.49. The Hall–Kier alpha value is -3.22. The van der Waals surface area contributed by atoms with Gasteiger partial charge < -0.3 is 9.80 Å². The maximum atomic E-state index is 12.7. The molecule has 138 valence electrons. The van der Waals surface area contributed by atoms with Gasteiger partial charge >= 0.3 is 0 Å². The molecular weight excluding hydrogens is 340 g/mol. The first-order valence-corrected chi connectivity index (χ1v) is 9.05. The Balaban J connectivity index is 1.45. The first-order chi connectivity index (χ1) is 13.1. The minimum absolute atomic E-state index is 0.0933. The molecule has 1 fully saturated rings. The number of nitrogens with zero attached hydrogens (tertiary/aromatic N) is 6. The Morgan fingerprint density at radius 3 is 2.44 bits per heavy atom. The van der Waals surface area contributed by atoms with Gasteiger partial charge in [0.1, 0.15) is 23.8 Å². The predicted molar refractivity (Wildman–Crippen MR) is 103 cm³/mol. The largest absolute Gasteiger partial charge is 0.353 e. The molecule has 1 amide bonds. The lowest BCUT2D eigenvalue weighted by molar-refractivity contribution is 0.0746. The highest BCUT2D eigenvalue weighted by Gasteiger charge is 2.23. The van der Waals surface area contributed by atoms with Crippen LogP contribution in [0.1, 0.15) is 21.7 Å². The highest BCUT2D eigenvalue weighted by molar-refractivity contribution is 5.94. The number of carbonyl (C=O) groups excluding carboxylic acids is 1. The van der Waals surface area contributed by atoms with Crippen LogP contribution in [0.25, 0.3) is 5.82 Å². The molecule has 0 aliphatic carbocycles. The molecule has 27 heavy (non-hydrogen) atoms. The van der Waals surface area contributed by atoms with Crippen LogP contribution in [-0.4, -0.2) is 56.5 Å². The zero-order valence-corrected chi connectivity index (χ0v) is 15.5. The van der Waals surface area contributed by atoms with Crippen molar-refractivity contribution in [3.05, 3.63) is 66.0 Å². The highest BCUT2D eigenvalue weighted by Crippen LogP contribution is 2.18. The second kappa shape index (κ2) is 7.19. The summed E-state index contributed by atoms with van der Waals surface area (Å²) in [4.78, 5) is 29.8. The minimum Gasteiger partial charge on any atom is -0.353 e. The highest BCUT2D eigenvalue weighted by atomic mass is 16.2. The lowest BCUT2D eigenvalue weighted by Gasteiger charge is -2.35. The summed E-state index contributed by atoms with van der Waals surface area (Å²) in [5.41, 5.74) is 1.85. The summed E-state index contributed by atoms with van der Waals surface area (Å²) in [7, 11) is 0. The summed E-state index contributed by atoms with van der Waals surface area (Å²) < 4.78 is 1.93. The molecule has 1 aliphatic rings. The van der Waals surface area contributed by atoms with Crippen molar-refractivity contribution in [2.24, 2.45) is 0 Å². The monoisotopic (exact) mass is 362 g/mol. The van der Waals surface area contributed by atoms with Gasteiger partial charge in [0, 0.05) is 50.2 Å². The number of rotatable bonds is 3. The molecule has 4 rings (SSSR count). The van der Waals surface area contributed by atoms with E-state index in [4.69, 9.17) is 0 Å². The zero-order chi connectivity index (χ0) is 18.8. The Labute approximate surface area is 158 Å². The number of amides is 1. The van der Waals surface area contributed by atoms with Crippen molar-refractivity contribution in [1.82, 2.24) is 24.4 Å². The van der Waals surface area contributed by atoms with Crippen LogP contribution in [0.2, 0.25) is 0 Å². The quantitative estimate of drug-likeness (QED) is 0.715. The number of imidazole rings is 1. The molecule has 2 aromatic heterocycles.